The van der Waals surface area contributed by atoms with Gasteiger partial charge in [-0.1, -0.05) is 36.2 Å². The van der Waals surface area contributed by atoms with E-state index in [0.717, 1.165) is 30.1 Å². The predicted molar refractivity (Wildman–Crippen MR) is 122 cm³/mol. The van der Waals surface area contributed by atoms with Crippen molar-refractivity contribution in [1.29, 1.82) is 0 Å². The molecular formula is C19H29B3O7S. The molecule has 1 aliphatic rings. The van der Waals surface area contributed by atoms with E-state index in [9.17, 15) is 18.0 Å². The van der Waals surface area contributed by atoms with Crippen molar-refractivity contribution in [2.45, 2.75) is 50.7 Å². The highest BCUT2D eigenvalue weighted by Gasteiger charge is 2.30. The van der Waals surface area contributed by atoms with E-state index in [2.05, 4.69) is 21.8 Å². The third-order valence-corrected chi connectivity index (χ3v) is 6.31. The molecule has 1 N–H and O–H groups in total. The zero-order chi connectivity index (χ0) is 22.3. The average Bonchev–Trinajstić information content (AvgIpc) is 2.72. The Morgan fingerprint density at radius 2 is 1.70 bits per heavy atom. The molecule has 0 bridgehead atoms. The number of hydrogen-bond donors (Lipinski definition) is 1. The lowest BCUT2D eigenvalue weighted by atomic mass is 9.81. The summed E-state index contributed by atoms with van der Waals surface area (Å²) in [5.74, 6) is -1.74. The molecule has 0 aliphatic heterocycles. The molecule has 162 valence electrons. The van der Waals surface area contributed by atoms with E-state index < -0.39 is 21.8 Å². The van der Waals surface area contributed by atoms with Gasteiger partial charge in [-0.2, -0.15) is 8.42 Å². The van der Waals surface area contributed by atoms with Crippen molar-refractivity contribution in [2.24, 2.45) is 5.92 Å². The average molecular weight is 434 g/mol. The van der Waals surface area contributed by atoms with Gasteiger partial charge in [-0.25, -0.2) is 4.79 Å². The van der Waals surface area contributed by atoms with Gasteiger partial charge in [0, 0.05) is 0 Å². The standard InChI is InChI=1S/C19H29B3O7S/c20-9-12-7-14(10-21)17(11-22)16(8-12)19(24)29-15-3-1-13(2-4-15)18(23)28-5-6-30(25,26)27/h7-8,13,15H,1-6,9-11,20-22H2,(H,25,26,27). The van der Waals surface area contributed by atoms with E-state index in [-0.39, 0.29) is 24.6 Å². The summed E-state index contributed by atoms with van der Waals surface area (Å²) in [6.07, 6.45) is 4.36. The van der Waals surface area contributed by atoms with Crippen LogP contribution in [0.4, 0.5) is 0 Å². The van der Waals surface area contributed by atoms with Gasteiger partial charge >= 0.3 is 11.9 Å². The molecule has 2 rings (SSSR count). The summed E-state index contributed by atoms with van der Waals surface area (Å²) in [6.45, 7) is -0.361. The summed E-state index contributed by atoms with van der Waals surface area (Å²) >= 11 is 0. The summed E-state index contributed by atoms with van der Waals surface area (Å²) in [5.41, 5.74) is 3.98. The number of carbonyl (C=O) groups excluding carboxylic acids is 2. The van der Waals surface area contributed by atoms with E-state index in [0.29, 0.717) is 31.2 Å². The molecule has 0 radical (unpaired) electrons. The third-order valence-electron chi connectivity index (χ3n) is 5.63. The fourth-order valence-corrected chi connectivity index (χ4v) is 4.21. The SMILES string of the molecule is BCc1cc(CB)c(CB)c(C(=O)OC2CCC(C(=O)OCCS(=O)(=O)O)CC2)c1. The molecule has 0 spiro atoms. The van der Waals surface area contributed by atoms with Crippen molar-refractivity contribution >= 4 is 45.6 Å². The topological polar surface area (TPSA) is 107 Å². The minimum absolute atomic E-state index is 0.251. The van der Waals surface area contributed by atoms with Crippen LogP contribution in [-0.2, 0) is 43.3 Å². The Balaban J connectivity index is 1.94. The summed E-state index contributed by atoms with van der Waals surface area (Å²) < 4.78 is 40.8. The fourth-order valence-electron chi connectivity index (χ4n) is 3.91. The van der Waals surface area contributed by atoms with E-state index in [4.69, 9.17) is 14.0 Å². The molecule has 0 aromatic heterocycles. The number of benzene rings is 1. The Bertz CT molecular complexity index is 865. The molecule has 1 fully saturated rings. The largest absolute Gasteiger partial charge is 0.464 e. The minimum atomic E-state index is -4.15. The Morgan fingerprint density at radius 3 is 2.23 bits per heavy atom. The number of hydrogen-bond acceptors (Lipinski definition) is 6. The van der Waals surface area contributed by atoms with Crippen LogP contribution in [0.25, 0.3) is 0 Å². The second-order valence-electron chi connectivity index (χ2n) is 7.67. The molecule has 11 heteroatoms. The van der Waals surface area contributed by atoms with Crippen LogP contribution in [-0.4, -0.2) is 66.9 Å². The fraction of sp³-hybridized carbons (Fsp3) is 0.579. The first kappa shape index (κ1) is 24.5. The highest BCUT2D eigenvalue weighted by Crippen LogP contribution is 2.29. The molecule has 0 heterocycles. The van der Waals surface area contributed by atoms with Gasteiger partial charge in [0.1, 0.15) is 42.0 Å². The van der Waals surface area contributed by atoms with Crippen molar-refractivity contribution in [3.05, 3.63) is 34.4 Å². The van der Waals surface area contributed by atoms with Crippen LogP contribution in [0.15, 0.2) is 12.1 Å². The van der Waals surface area contributed by atoms with Crippen LogP contribution in [0.1, 0.15) is 52.7 Å². The Labute approximate surface area is 181 Å². The van der Waals surface area contributed by atoms with Crippen LogP contribution in [0.2, 0.25) is 0 Å². The van der Waals surface area contributed by atoms with Crippen LogP contribution in [0.3, 0.4) is 0 Å². The van der Waals surface area contributed by atoms with E-state index in [1.165, 1.54) is 5.56 Å². The summed E-state index contributed by atoms with van der Waals surface area (Å²) in [5, 5.41) is 0. The van der Waals surface area contributed by atoms with Gasteiger partial charge in [0.25, 0.3) is 10.1 Å². The first-order valence-corrected chi connectivity index (χ1v) is 12.3. The van der Waals surface area contributed by atoms with Crippen molar-refractivity contribution in [1.82, 2.24) is 0 Å². The molecule has 0 unspecified atom stereocenters. The second kappa shape index (κ2) is 11.0. The van der Waals surface area contributed by atoms with Gasteiger partial charge in [0.15, 0.2) is 0 Å². The Morgan fingerprint density at radius 1 is 1.03 bits per heavy atom. The molecule has 30 heavy (non-hydrogen) atoms. The van der Waals surface area contributed by atoms with Gasteiger partial charge in [0.2, 0.25) is 0 Å². The van der Waals surface area contributed by atoms with Crippen LogP contribution >= 0.6 is 0 Å². The summed E-state index contributed by atoms with van der Waals surface area (Å²) in [7, 11) is 2.03. The molecule has 0 atom stereocenters. The molecule has 7 nitrogen and oxygen atoms in total. The monoisotopic (exact) mass is 434 g/mol. The van der Waals surface area contributed by atoms with Crippen molar-refractivity contribution < 1.29 is 32.0 Å². The van der Waals surface area contributed by atoms with Gasteiger partial charge in [0.05, 0.1) is 11.5 Å². The lowest BCUT2D eigenvalue weighted by Crippen LogP contribution is -2.30. The highest BCUT2D eigenvalue weighted by atomic mass is 32.2. The molecular weight excluding hydrogens is 405 g/mol. The van der Waals surface area contributed by atoms with Gasteiger partial charge in [-0.3, -0.25) is 9.35 Å². The van der Waals surface area contributed by atoms with Crippen LogP contribution in [0, 0.1) is 5.92 Å². The Kier molecular flexibility index (Phi) is 9.03. The van der Waals surface area contributed by atoms with Crippen molar-refractivity contribution in [2.75, 3.05) is 12.4 Å². The lowest BCUT2D eigenvalue weighted by molar-refractivity contribution is -0.149. The van der Waals surface area contributed by atoms with E-state index in [1.54, 1.807) is 0 Å². The molecule has 1 aliphatic carbocycles. The van der Waals surface area contributed by atoms with Gasteiger partial charge in [-0.15, -0.1) is 0 Å². The molecule has 0 saturated heterocycles. The first-order chi connectivity index (χ1) is 14.2. The highest BCUT2D eigenvalue weighted by molar-refractivity contribution is 7.85. The van der Waals surface area contributed by atoms with Gasteiger partial charge in [-0.05, 0) is 37.3 Å². The maximum Gasteiger partial charge on any atom is 0.338 e. The Hall–Kier alpha value is -1.74. The summed E-state index contributed by atoms with van der Waals surface area (Å²) in [4.78, 5) is 24.9. The molecule has 1 aromatic carbocycles. The summed E-state index contributed by atoms with van der Waals surface area (Å²) in [6, 6.07) is 4.09. The van der Waals surface area contributed by atoms with E-state index >= 15 is 0 Å². The third kappa shape index (κ3) is 6.91. The minimum Gasteiger partial charge on any atom is -0.464 e. The predicted octanol–water partition coefficient (Wildman–Crippen LogP) is -0.767. The molecule has 1 aromatic rings. The van der Waals surface area contributed by atoms with Crippen molar-refractivity contribution in [3.63, 3.8) is 0 Å². The smallest absolute Gasteiger partial charge is 0.338 e. The zero-order valence-corrected chi connectivity index (χ0v) is 18.8. The van der Waals surface area contributed by atoms with Crippen LogP contribution in [0.5, 0.6) is 0 Å². The van der Waals surface area contributed by atoms with E-state index in [1.807, 2.05) is 13.9 Å². The number of rotatable bonds is 9. The maximum atomic E-state index is 12.9. The molecule has 1 saturated carbocycles. The molecule has 0 amide bonds. The van der Waals surface area contributed by atoms with Crippen LogP contribution < -0.4 is 0 Å². The second-order valence-corrected chi connectivity index (χ2v) is 9.25. The number of esters is 2. The van der Waals surface area contributed by atoms with Crippen molar-refractivity contribution in [3.8, 4) is 0 Å². The first-order valence-electron chi connectivity index (χ1n) is 10.7. The normalized spacial score (nSPS) is 19.2. The van der Waals surface area contributed by atoms with Gasteiger partial charge < -0.3 is 9.47 Å². The quantitative estimate of drug-likeness (QED) is 0.309. The number of carbonyl (C=O) groups is 2. The zero-order valence-electron chi connectivity index (χ0n) is 18.0. The number of ether oxygens (including phenoxy) is 2. The maximum absolute atomic E-state index is 12.9. The lowest BCUT2D eigenvalue weighted by Gasteiger charge is -2.27.